The Kier molecular flexibility index (Phi) is 5.21. The number of rotatable bonds is 5. The first-order valence-corrected chi connectivity index (χ1v) is 5.96. The number of ether oxygens (including phenoxy) is 1. The highest BCUT2D eigenvalue weighted by molar-refractivity contribution is 9.10. The molecule has 0 radical (unpaired) electrons. The van der Waals surface area contributed by atoms with Gasteiger partial charge in [0.15, 0.2) is 0 Å². The van der Waals surface area contributed by atoms with E-state index in [2.05, 4.69) is 21.4 Å². The summed E-state index contributed by atoms with van der Waals surface area (Å²) < 4.78 is 6.50. The predicted molar refractivity (Wildman–Crippen MR) is 69.7 cm³/mol. The van der Waals surface area contributed by atoms with Gasteiger partial charge in [-0.05, 0) is 37.6 Å². The lowest BCUT2D eigenvalue weighted by atomic mass is 10.1. The minimum absolute atomic E-state index is 0.0973. The summed E-state index contributed by atoms with van der Waals surface area (Å²) in [6, 6.07) is 5.60. The fourth-order valence-electron chi connectivity index (χ4n) is 1.36. The Hall–Kier alpha value is -0.620. The van der Waals surface area contributed by atoms with E-state index in [0.29, 0.717) is 12.3 Å². The van der Waals surface area contributed by atoms with Gasteiger partial charge in [-0.3, -0.25) is 11.3 Å². The molecule has 0 aliphatic carbocycles. The van der Waals surface area contributed by atoms with Gasteiger partial charge in [0.2, 0.25) is 0 Å². The summed E-state index contributed by atoms with van der Waals surface area (Å²) in [5.74, 6) is 5.51. The summed E-state index contributed by atoms with van der Waals surface area (Å²) in [5.41, 5.74) is 10.3. The highest BCUT2D eigenvalue weighted by atomic mass is 79.9. The molecule has 16 heavy (non-hydrogen) atoms. The second kappa shape index (κ2) is 6.20. The first-order chi connectivity index (χ1) is 7.54. The summed E-state index contributed by atoms with van der Waals surface area (Å²) in [6.45, 7) is 4.46. The molecule has 5 heteroatoms. The maximum atomic E-state index is 5.90. The van der Waals surface area contributed by atoms with Gasteiger partial charge in [-0.2, -0.15) is 0 Å². The van der Waals surface area contributed by atoms with E-state index in [9.17, 15) is 0 Å². The van der Waals surface area contributed by atoms with Crippen LogP contribution in [0.15, 0.2) is 22.7 Å². The van der Waals surface area contributed by atoms with Crippen molar-refractivity contribution in [3.8, 4) is 0 Å². The average molecular weight is 288 g/mol. The molecule has 0 amide bonds. The standard InChI is InChI=1S/C11H18BrN3O/c1-7(2)16-6-11(15-14)9-5-8(12)3-4-10(9)13/h3-5,7,11,15H,6,13-14H2,1-2H3. The quantitative estimate of drug-likeness (QED) is 0.440. The zero-order chi connectivity index (χ0) is 12.1. The minimum Gasteiger partial charge on any atom is -0.398 e. The average Bonchev–Trinajstić information content (AvgIpc) is 2.23. The van der Waals surface area contributed by atoms with Crippen molar-refractivity contribution >= 4 is 21.6 Å². The Labute approximate surface area is 104 Å². The Bertz CT molecular complexity index is 344. The van der Waals surface area contributed by atoms with Gasteiger partial charge in [-0.15, -0.1) is 0 Å². The number of nitrogens with two attached hydrogens (primary N) is 2. The van der Waals surface area contributed by atoms with Gasteiger partial charge < -0.3 is 10.5 Å². The lowest BCUT2D eigenvalue weighted by Gasteiger charge is -2.20. The Morgan fingerprint density at radius 3 is 2.69 bits per heavy atom. The minimum atomic E-state index is -0.0973. The van der Waals surface area contributed by atoms with Gasteiger partial charge in [0.05, 0.1) is 18.8 Å². The predicted octanol–water partition coefficient (Wildman–Crippen LogP) is 1.96. The number of halogens is 1. The number of nitrogens with one attached hydrogen (secondary N) is 1. The summed E-state index contributed by atoms with van der Waals surface area (Å²) in [5, 5.41) is 0. The second-order valence-electron chi connectivity index (χ2n) is 3.87. The van der Waals surface area contributed by atoms with Crippen molar-refractivity contribution in [3.63, 3.8) is 0 Å². The third kappa shape index (κ3) is 3.75. The molecule has 4 nitrogen and oxygen atoms in total. The van der Waals surface area contributed by atoms with Gasteiger partial charge in [0.25, 0.3) is 0 Å². The molecule has 0 fully saturated rings. The topological polar surface area (TPSA) is 73.3 Å². The monoisotopic (exact) mass is 287 g/mol. The van der Waals surface area contributed by atoms with Crippen LogP contribution in [0, 0.1) is 0 Å². The molecule has 0 aliphatic heterocycles. The third-order valence-electron chi connectivity index (χ3n) is 2.22. The molecular weight excluding hydrogens is 270 g/mol. The fourth-order valence-corrected chi connectivity index (χ4v) is 1.74. The summed E-state index contributed by atoms with van der Waals surface area (Å²) in [4.78, 5) is 0. The van der Waals surface area contributed by atoms with Crippen LogP contribution >= 0.6 is 15.9 Å². The molecule has 0 saturated heterocycles. The highest BCUT2D eigenvalue weighted by Gasteiger charge is 2.14. The van der Waals surface area contributed by atoms with Crippen molar-refractivity contribution in [3.05, 3.63) is 28.2 Å². The Morgan fingerprint density at radius 2 is 2.12 bits per heavy atom. The molecule has 0 aromatic heterocycles. The van der Waals surface area contributed by atoms with E-state index >= 15 is 0 Å². The number of hydrogen-bond donors (Lipinski definition) is 3. The molecule has 1 unspecified atom stereocenters. The summed E-state index contributed by atoms with van der Waals surface area (Å²) in [6.07, 6.45) is 0.171. The van der Waals surface area contributed by atoms with Crippen LogP contribution in [0.4, 0.5) is 5.69 Å². The molecule has 90 valence electrons. The number of hydrazine groups is 1. The fraction of sp³-hybridized carbons (Fsp3) is 0.455. The van der Waals surface area contributed by atoms with Crippen molar-refractivity contribution in [2.45, 2.75) is 26.0 Å². The van der Waals surface area contributed by atoms with Gasteiger partial charge in [0, 0.05) is 10.2 Å². The first kappa shape index (κ1) is 13.4. The van der Waals surface area contributed by atoms with Crippen LogP contribution in [-0.4, -0.2) is 12.7 Å². The zero-order valence-electron chi connectivity index (χ0n) is 9.53. The van der Waals surface area contributed by atoms with E-state index in [1.807, 2.05) is 32.0 Å². The van der Waals surface area contributed by atoms with Crippen molar-refractivity contribution in [1.29, 1.82) is 0 Å². The third-order valence-corrected chi connectivity index (χ3v) is 2.71. The molecule has 1 aromatic carbocycles. The van der Waals surface area contributed by atoms with E-state index in [0.717, 1.165) is 10.0 Å². The normalized spacial score (nSPS) is 13.1. The molecule has 1 rings (SSSR count). The van der Waals surface area contributed by atoms with Gasteiger partial charge >= 0.3 is 0 Å². The molecule has 0 heterocycles. The van der Waals surface area contributed by atoms with Crippen LogP contribution in [0.25, 0.3) is 0 Å². The molecule has 1 atom stereocenters. The number of anilines is 1. The van der Waals surface area contributed by atoms with Crippen LogP contribution in [0.3, 0.4) is 0 Å². The molecule has 5 N–H and O–H groups in total. The van der Waals surface area contributed by atoms with Crippen LogP contribution in [0.2, 0.25) is 0 Å². The van der Waals surface area contributed by atoms with E-state index in [1.54, 1.807) is 0 Å². The number of nitrogen functional groups attached to an aromatic ring is 1. The largest absolute Gasteiger partial charge is 0.398 e. The van der Waals surface area contributed by atoms with Crippen molar-refractivity contribution < 1.29 is 4.74 Å². The van der Waals surface area contributed by atoms with E-state index in [4.69, 9.17) is 16.3 Å². The Morgan fingerprint density at radius 1 is 1.44 bits per heavy atom. The van der Waals surface area contributed by atoms with Gasteiger partial charge in [0.1, 0.15) is 0 Å². The van der Waals surface area contributed by atoms with E-state index in [-0.39, 0.29) is 12.1 Å². The molecule has 0 saturated carbocycles. The molecule has 0 spiro atoms. The smallest absolute Gasteiger partial charge is 0.0714 e. The van der Waals surface area contributed by atoms with Crippen molar-refractivity contribution in [2.24, 2.45) is 5.84 Å². The van der Waals surface area contributed by atoms with E-state index < -0.39 is 0 Å². The summed E-state index contributed by atoms with van der Waals surface area (Å²) >= 11 is 3.41. The SMILES string of the molecule is CC(C)OCC(NN)c1cc(Br)ccc1N. The molecular formula is C11H18BrN3O. The molecule has 0 bridgehead atoms. The molecule has 1 aromatic rings. The lowest BCUT2D eigenvalue weighted by Crippen LogP contribution is -2.32. The zero-order valence-corrected chi connectivity index (χ0v) is 11.1. The van der Waals surface area contributed by atoms with Crippen molar-refractivity contribution in [1.82, 2.24) is 5.43 Å². The number of benzene rings is 1. The van der Waals surface area contributed by atoms with Crippen molar-refractivity contribution in [2.75, 3.05) is 12.3 Å². The first-order valence-electron chi connectivity index (χ1n) is 5.17. The van der Waals surface area contributed by atoms with Crippen LogP contribution in [0.1, 0.15) is 25.5 Å². The molecule has 0 aliphatic rings. The van der Waals surface area contributed by atoms with Crippen LogP contribution in [0.5, 0.6) is 0 Å². The van der Waals surface area contributed by atoms with Gasteiger partial charge in [-0.1, -0.05) is 15.9 Å². The summed E-state index contributed by atoms with van der Waals surface area (Å²) in [7, 11) is 0. The maximum Gasteiger partial charge on any atom is 0.0714 e. The Balaban J connectivity index is 2.81. The second-order valence-corrected chi connectivity index (χ2v) is 4.79. The highest BCUT2D eigenvalue weighted by Crippen LogP contribution is 2.24. The maximum absolute atomic E-state index is 5.90. The van der Waals surface area contributed by atoms with Gasteiger partial charge in [-0.25, -0.2) is 0 Å². The van der Waals surface area contributed by atoms with E-state index in [1.165, 1.54) is 0 Å². The van der Waals surface area contributed by atoms with Crippen LogP contribution < -0.4 is 17.0 Å². The van der Waals surface area contributed by atoms with Crippen LogP contribution in [-0.2, 0) is 4.74 Å². The lowest BCUT2D eigenvalue weighted by molar-refractivity contribution is 0.0612. The number of hydrogen-bond acceptors (Lipinski definition) is 4.